The minimum absolute atomic E-state index is 0.267. The van der Waals surface area contributed by atoms with Gasteiger partial charge in [0.25, 0.3) is 0 Å². The number of hydrogen-bond donors (Lipinski definition) is 2. The van der Waals surface area contributed by atoms with Crippen LogP contribution >= 0.6 is 15.9 Å². The van der Waals surface area contributed by atoms with E-state index in [1.165, 1.54) is 0 Å². The predicted molar refractivity (Wildman–Crippen MR) is 56.1 cm³/mol. The number of carbonyl (C=O) groups is 1. The molecule has 0 saturated carbocycles. The number of benzene rings is 1. The van der Waals surface area contributed by atoms with Crippen LogP contribution in [0.4, 0.5) is 0 Å². The fourth-order valence-electron chi connectivity index (χ4n) is 1.26. The number of aliphatic hydroxyl groups is 1. The van der Waals surface area contributed by atoms with Crippen LogP contribution in [0, 0.1) is 6.92 Å². The summed E-state index contributed by atoms with van der Waals surface area (Å²) < 4.78 is 0.874. The van der Waals surface area contributed by atoms with Crippen LogP contribution < -0.4 is 0 Å². The van der Waals surface area contributed by atoms with Crippen molar-refractivity contribution in [1.82, 2.24) is 0 Å². The van der Waals surface area contributed by atoms with E-state index in [1.54, 1.807) is 12.1 Å². The molecule has 0 heterocycles. The standard InChI is InChI=1S/C10H11BrO3/c1-6-7(3-2-4-8(6)11)9(12)5-10(13)14/h2-4,9,12H,5H2,1H3,(H,13,14)/t9-/m0/s1. The molecule has 1 aromatic carbocycles. The lowest BCUT2D eigenvalue weighted by atomic mass is 10.0. The van der Waals surface area contributed by atoms with Crippen LogP contribution in [0.3, 0.4) is 0 Å². The first kappa shape index (κ1) is 11.2. The van der Waals surface area contributed by atoms with Gasteiger partial charge in [-0.25, -0.2) is 0 Å². The second kappa shape index (κ2) is 4.57. The van der Waals surface area contributed by atoms with Crippen molar-refractivity contribution in [3.05, 3.63) is 33.8 Å². The largest absolute Gasteiger partial charge is 0.481 e. The van der Waals surface area contributed by atoms with Crippen molar-refractivity contribution in [2.24, 2.45) is 0 Å². The number of aliphatic carboxylic acids is 1. The van der Waals surface area contributed by atoms with Crippen LogP contribution in [0.15, 0.2) is 22.7 Å². The third kappa shape index (κ3) is 2.56. The molecule has 0 spiro atoms. The third-order valence-corrected chi connectivity index (χ3v) is 2.90. The molecular weight excluding hydrogens is 248 g/mol. The van der Waals surface area contributed by atoms with Gasteiger partial charge in [0, 0.05) is 4.47 Å². The zero-order chi connectivity index (χ0) is 10.7. The summed E-state index contributed by atoms with van der Waals surface area (Å²) >= 11 is 3.32. The molecule has 0 aromatic heterocycles. The van der Waals surface area contributed by atoms with Crippen molar-refractivity contribution in [2.75, 3.05) is 0 Å². The molecule has 0 bridgehead atoms. The highest BCUT2D eigenvalue weighted by atomic mass is 79.9. The van der Waals surface area contributed by atoms with Crippen molar-refractivity contribution in [1.29, 1.82) is 0 Å². The fraction of sp³-hybridized carbons (Fsp3) is 0.300. The summed E-state index contributed by atoms with van der Waals surface area (Å²) in [6.45, 7) is 1.84. The van der Waals surface area contributed by atoms with E-state index in [4.69, 9.17) is 5.11 Å². The summed E-state index contributed by atoms with van der Waals surface area (Å²) in [6, 6.07) is 5.36. The van der Waals surface area contributed by atoms with Crippen LogP contribution in [0.25, 0.3) is 0 Å². The van der Waals surface area contributed by atoms with Crippen LogP contribution in [-0.2, 0) is 4.79 Å². The SMILES string of the molecule is Cc1c(Br)cccc1[C@@H](O)CC(=O)O. The summed E-state index contributed by atoms with van der Waals surface area (Å²) in [4.78, 5) is 10.4. The van der Waals surface area contributed by atoms with Gasteiger partial charge in [-0.2, -0.15) is 0 Å². The first-order valence-corrected chi connectivity index (χ1v) is 4.96. The Kier molecular flexibility index (Phi) is 3.66. The molecule has 1 rings (SSSR count). The van der Waals surface area contributed by atoms with Crippen LogP contribution in [0.1, 0.15) is 23.7 Å². The maximum absolute atomic E-state index is 10.4. The summed E-state index contributed by atoms with van der Waals surface area (Å²) in [5.74, 6) is -1.00. The van der Waals surface area contributed by atoms with Crippen molar-refractivity contribution < 1.29 is 15.0 Å². The molecule has 0 aliphatic rings. The van der Waals surface area contributed by atoms with Gasteiger partial charge in [0.15, 0.2) is 0 Å². The van der Waals surface area contributed by atoms with Crippen LogP contribution in [0.5, 0.6) is 0 Å². The quantitative estimate of drug-likeness (QED) is 0.875. The molecule has 1 atom stereocenters. The van der Waals surface area contributed by atoms with Gasteiger partial charge in [-0.1, -0.05) is 28.1 Å². The molecule has 2 N–H and O–H groups in total. The van der Waals surface area contributed by atoms with E-state index in [2.05, 4.69) is 15.9 Å². The van der Waals surface area contributed by atoms with Gasteiger partial charge in [-0.3, -0.25) is 4.79 Å². The van der Waals surface area contributed by atoms with Crippen molar-refractivity contribution >= 4 is 21.9 Å². The molecule has 0 fully saturated rings. The van der Waals surface area contributed by atoms with Crippen LogP contribution in [-0.4, -0.2) is 16.2 Å². The molecule has 14 heavy (non-hydrogen) atoms. The smallest absolute Gasteiger partial charge is 0.306 e. The monoisotopic (exact) mass is 258 g/mol. The number of aliphatic hydroxyl groups excluding tert-OH is 1. The normalized spacial score (nSPS) is 12.5. The number of halogens is 1. The zero-order valence-electron chi connectivity index (χ0n) is 7.70. The van der Waals surface area contributed by atoms with Crippen molar-refractivity contribution in [3.63, 3.8) is 0 Å². The average molecular weight is 259 g/mol. The molecule has 0 aliphatic carbocycles. The van der Waals surface area contributed by atoms with Gasteiger partial charge in [0.2, 0.25) is 0 Å². The summed E-state index contributed by atoms with van der Waals surface area (Å²) in [5.41, 5.74) is 1.53. The van der Waals surface area contributed by atoms with Gasteiger partial charge in [-0.15, -0.1) is 0 Å². The number of hydrogen-bond acceptors (Lipinski definition) is 2. The molecule has 0 aliphatic heterocycles. The van der Waals surface area contributed by atoms with E-state index in [9.17, 15) is 9.90 Å². The lowest BCUT2D eigenvalue weighted by Gasteiger charge is -2.12. The Hall–Kier alpha value is -0.870. The lowest BCUT2D eigenvalue weighted by molar-refractivity contribution is -0.139. The van der Waals surface area contributed by atoms with E-state index >= 15 is 0 Å². The van der Waals surface area contributed by atoms with E-state index in [0.717, 1.165) is 10.0 Å². The second-order valence-electron chi connectivity index (χ2n) is 3.07. The highest BCUT2D eigenvalue weighted by molar-refractivity contribution is 9.10. The van der Waals surface area contributed by atoms with Gasteiger partial charge >= 0.3 is 5.97 Å². The molecule has 4 heteroatoms. The molecule has 0 radical (unpaired) electrons. The molecular formula is C10H11BrO3. The van der Waals surface area contributed by atoms with E-state index in [1.807, 2.05) is 13.0 Å². The lowest BCUT2D eigenvalue weighted by Crippen LogP contribution is -2.06. The number of carboxylic acids is 1. The summed E-state index contributed by atoms with van der Waals surface area (Å²) in [7, 11) is 0. The second-order valence-corrected chi connectivity index (χ2v) is 3.92. The molecule has 0 saturated heterocycles. The van der Waals surface area contributed by atoms with Gasteiger partial charge in [0.05, 0.1) is 12.5 Å². The first-order chi connectivity index (χ1) is 6.52. The maximum atomic E-state index is 10.4. The maximum Gasteiger partial charge on any atom is 0.306 e. The van der Waals surface area contributed by atoms with Crippen molar-refractivity contribution in [3.8, 4) is 0 Å². The Morgan fingerprint density at radius 3 is 2.79 bits per heavy atom. The summed E-state index contributed by atoms with van der Waals surface area (Å²) in [5, 5.41) is 18.1. The predicted octanol–water partition coefficient (Wildman–Crippen LogP) is 2.27. The highest BCUT2D eigenvalue weighted by Crippen LogP contribution is 2.26. The van der Waals surface area contributed by atoms with E-state index < -0.39 is 12.1 Å². The fourth-order valence-corrected chi connectivity index (χ4v) is 1.64. The first-order valence-electron chi connectivity index (χ1n) is 4.17. The average Bonchev–Trinajstić information content (AvgIpc) is 2.08. The Morgan fingerprint density at radius 1 is 1.57 bits per heavy atom. The van der Waals surface area contributed by atoms with E-state index in [0.29, 0.717) is 5.56 Å². The van der Waals surface area contributed by atoms with Gasteiger partial charge in [-0.05, 0) is 24.1 Å². The molecule has 0 unspecified atom stereocenters. The Bertz CT molecular complexity index is 349. The molecule has 3 nitrogen and oxygen atoms in total. The minimum Gasteiger partial charge on any atom is -0.481 e. The van der Waals surface area contributed by atoms with Crippen LogP contribution in [0.2, 0.25) is 0 Å². The van der Waals surface area contributed by atoms with E-state index in [-0.39, 0.29) is 6.42 Å². The Morgan fingerprint density at radius 2 is 2.21 bits per heavy atom. The third-order valence-electron chi connectivity index (χ3n) is 2.04. The Balaban J connectivity index is 2.95. The highest BCUT2D eigenvalue weighted by Gasteiger charge is 2.14. The van der Waals surface area contributed by atoms with Gasteiger partial charge < -0.3 is 10.2 Å². The zero-order valence-corrected chi connectivity index (χ0v) is 9.28. The number of rotatable bonds is 3. The minimum atomic E-state index is -1.00. The summed E-state index contributed by atoms with van der Waals surface area (Å²) in [6.07, 6.45) is -1.21. The molecule has 76 valence electrons. The molecule has 1 aromatic rings. The van der Waals surface area contributed by atoms with Crippen molar-refractivity contribution in [2.45, 2.75) is 19.4 Å². The number of carboxylic acid groups (broad SMARTS) is 1. The Labute approximate surface area is 90.5 Å². The molecule has 0 amide bonds. The topological polar surface area (TPSA) is 57.5 Å². The van der Waals surface area contributed by atoms with Gasteiger partial charge in [0.1, 0.15) is 0 Å².